The van der Waals surface area contributed by atoms with E-state index in [1.165, 1.54) is 31.6 Å². The fraction of sp³-hybridized carbons (Fsp3) is 0.429. The van der Waals surface area contributed by atoms with Gasteiger partial charge in [-0.3, -0.25) is 0 Å². The van der Waals surface area contributed by atoms with Crippen LogP contribution >= 0.6 is 34.8 Å². The highest BCUT2D eigenvalue weighted by Gasteiger charge is 2.24. The molecular formula is C14H19Cl3N4. The Labute approximate surface area is 140 Å². The van der Waals surface area contributed by atoms with E-state index in [4.69, 9.17) is 34.8 Å². The van der Waals surface area contributed by atoms with Gasteiger partial charge in [0.1, 0.15) is 28.1 Å². The lowest BCUT2D eigenvalue weighted by Gasteiger charge is -1.93. The normalized spacial score (nSPS) is 12.0. The van der Waals surface area contributed by atoms with Crippen LogP contribution in [0.1, 0.15) is 45.7 Å². The molecule has 0 atom stereocenters. The van der Waals surface area contributed by atoms with Crippen molar-refractivity contribution in [2.45, 2.75) is 40.0 Å². The summed E-state index contributed by atoms with van der Waals surface area (Å²) < 4.78 is 0. The maximum atomic E-state index is 5.67. The Morgan fingerprint density at radius 2 is 1.24 bits per heavy atom. The lowest BCUT2D eigenvalue weighted by atomic mass is 10.3. The predicted molar refractivity (Wildman–Crippen MR) is 89.1 cm³/mol. The van der Waals surface area contributed by atoms with E-state index in [0.717, 1.165) is 5.69 Å². The zero-order valence-electron chi connectivity index (χ0n) is 11.2. The van der Waals surface area contributed by atoms with Gasteiger partial charge in [0, 0.05) is 17.7 Å². The third-order valence-electron chi connectivity index (χ3n) is 2.25. The van der Waals surface area contributed by atoms with Gasteiger partial charge in [0.2, 0.25) is 0 Å². The second-order valence-electron chi connectivity index (χ2n) is 3.70. The third kappa shape index (κ3) is 8.15. The molecule has 2 heterocycles. The first-order valence-electron chi connectivity index (χ1n) is 6.25. The molecule has 0 aromatic carbocycles. The maximum absolute atomic E-state index is 5.67. The standard InChI is InChI=1S/C7H7ClN2.C4H2Cl2N2.C2H6.CH4/c8-7-3-6(5-1-2-5)9-4-10-7;5-3-1-4(6)8-2-7-3;1-2;/h3-5H,1-2H2;1-2H;1-2H3;1H4. The highest BCUT2D eigenvalue weighted by atomic mass is 35.5. The van der Waals surface area contributed by atoms with Crippen LogP contribution < -0.4 is 0 Å². The molecule has 0 bridgehead atoms. The molecule has 116 valence electrons. The molecule has 1 aliphatic rings. The summed E-state index contributed by atoms with van der Waals surface area (Å²) in [5, 5.41) is 1.28. The molecule has 1 fully saturated rings. The van der Waals surface area contributed by atoms with Crippen molar-refractivity contribution in [2.24, 2.45) is 0 Å². The summed E-state index contributed by atoms with van der Waals surface area (Å²) in [6.07, 6.45) is 5.35. The Morgan fingerprint density at radius 1 is 0.810 bits per heavy atom. The van der Waals surface area contributed by atoms with Crippen LogP contribution in [-0.4, -0.2) is 19.9 Å². The van der Waals surface area contributed by atoms with Crippen molar-refractivity contribution in [1.29, 1.82) is 0 Å². The molecule has 0 N–H and O–H groups in total. The van der Waals surface area contributed by atoms with Gasteiger partial charge in [0.15, 0.2) is 0 Å². The lowest BCUT2D eigenvalue weighted by Crippen LogP contribution is -1.86. The van der Waals surface area contributed by atoms with E-state index in [9.17, 15) is 0 Å². The van der Waals surface area contributed by atoms with Crippen molar-refractivity contribution in [2.75, 3.05) is 0 Å². The van der Waals surface area contributed by atoms with Crippen LogP contribution in [-0.2, 0) is 0 Å². The average Bonchev–Trinajstić information content (AvgIpc) is 3.26. The monoisotopic (exact) mass is 348 g/mol. The van der Waals surface area contributed by atoms with Crippen molar-refractivity contribution >= 4 is 34.8 Å². The minimum absolute atomic E-state index is 0. The van der Waals surface area contributed by atoms with E-state index < -0.39 is 0 Å². The van der Waals surface area contributed by atoms with E-state index in [-0.39, 0.29) is 7.43 Å². The van der Waals surface area contributed by atoms with E-state index >= 15 is 0 Å². The Morgan fingerprint density at radius 3 is 1.57 bits per heavy atom. The summed E-state index contributed by atoms with van der Waals surface area (Å²) >= 11 is 16.5. The number of halogens is 3. The summed E-state index contributed by atoms with van der Waals surface area (Å²) in [5.74, 6) is 0.667. The van der Waals surface area contributed by atoms with Crippen molar-refractivity contribution in [3.05, 3.63) is 45.9 Å². The number of hydrogen-bond donors (Lipinski definition) is 0. The Bertz CT molecular complexity index is 516. The Kier molecular flexibility index (Phi) is 10.2. The molecule has 3 rings (SSSR count). The van der Waals surface area contributed by atoms with Gasteiger partial charge in [0.05, 0.1) is 0 Å². The van der Waals surface area contributed by atoms with E-state index in [0.29, 0.717) is 21.4 Å². The van der Waals surface area contributed by atoms with Crippen LogP contribution in [0.3, 0.4) is 0 Å². The molecule has 4 nitrogen and oxygen atoms in total. The van der Waals surface area contributed by atoms with Crippen LogP contribution in [0.15, 0.2) is 24.8 Å². The predicted octanol–water partition coefficient (Wildman–Crippen LogP) is 5.45. The zero-order valence-corrected chi connectivity index (χ0v) is 13.5. The molecule has 7 heteroatoms. The Hall–Kier alpha value is -0.970. The third-order valence-corrected chi connectivity index (χ3v) is 2.87. The van der Waals surface area contributed by atoms with Gasteiger partial charge in [0.25, 0.3) is 0 Å². The molecule has 0 amide bonds. The van der Waals surface area contributed by atoms with Crippen molar-refractivity contribution in [3.63, 3.8) is 0 Å². The van der Waals surface area contributed by atoms with Crippen LogP contribution in [0.25, 0.3) is 0 Å². The largest absolute Gasteiger partial charge is 0.241 e. The summed E-state index contributed by atoms with van der Waals surface area (Å²) in [4.78, 5) is 15.1. The van der Waals surface area contributed by atoms with Gasteiger partial charge in [-0.15, -0.1) is 0 Å². The van der Waals surface area contributed by atoms with Gasteiger partial charge in [-0.1, -0.05) is 56.1 Å². The molecule has 21 heavy (non-hydrogen) atoms. The SMILES string of the molecule is C.CC.Clc1cc(C2CC2)ncn1.Clc1cc(Cl)ncn1. The molecule has 1 saturated carbocycles. The van der Waals surface area contributed by atoms with Crippen LogP contribution in [0.5, 0.6) is 0 Å². The van der Waals surface area contributed by atoms with Gasteiger partial charge in [-0.25, -0.2) is 19.9 Å². The van der Waals surface area contributed by atoms with Crippen LogP contribution in [0.4, 0.5) is 0 Å². The summed E-state index contributed by atoms with van der Waals surface area (Å²) in [6.45, 7) is 4.00. The number of aromatic nitrogens is 4. The molecule has 0 radical (unpaired) electrons. The smallest absolute Gasteiger partial charge is 0.133 e. The van der Waals surface area contributed by atoms with Crippen LogP contribution in [0, 0.1) is 0 Å². The number of rotatable bonds is 1. The second kappa shape index (κ2) is 10.7. The summed E-state index contributed by atoms with van der Waals surface area (Å²) in [7, 11) is 0. The molecule has 0 saturated heterocycles. The molecule has 0 unspecified atom stereocenters. The molecule has 2 aromatic rings. The van der Waals surface area contributed by atoms with Crippen molar-refractivity contribution < 1.29 is 0 Å². The minimum atomic E-state index is 0. The Balaban J connectivity index is 0.000000334. The maximum Gasteiger partial charge on any atom is 0.133 e. The van der Waals surface area contributed by atoms with Crippen molar-refractivity contribution in [3.8, 4) is 0 Å². The fourth-order valence-corrected chi connectivity index (χ4v) is 1.77. The highest BCUT2D eigenvalue weighted by molar-refractivity contribution is 6.33. The molecule has 1 aliphatic carbocycles. The first kappa shape index (κ1) is 20.0. The van der Waals surface area contributed by atoms with E-state index in [2.05, 4.69) is 19.9 Å². The molecule has 2 aromatic heterocycles. The van der Waals surface area contributed by atoms with Crippen LogP contribution in [0.2, 0.25) is 15.5 Å². The molecule has 0 aliphatic heterocycles. The van der Waals surface area contributed by atoms with Gasteiger partial charge >= 0.3 is 0 Å². The van der Waals surface area contributed by atoms with Crippen molar-refractivity contribution in [1.82, 2.24) is 19.9 Å². The number of nitrogens with zero attached hydrogens (tertiary/aromatic N) is 4. The van der Waals surface area contributed by atoms with Gasteiger partial charge in [-0.2, -0.15) is 0 Å². The first-order valence-corrected chi connectivity index (χ1v) is 7.39. The quantitative estimate of drug-likeness (QED) is 0.642. The van der Waals surface area contributed by atoms with Gasteiger partial charge < -0.3 is 0 Å². The summed E-state index contributed by atoms with van der Waals surface area (Å²) in [5.41, 5.74) is 1.10. The van der Waals surface area contributed by atoms with E-state index in [1.54, 1.807) is 0 Å². The summed E-state index contributed by atoms with van der Waals surface area (Å²) in [6, 6.07) is 3.32. The number of hydrogen-bond acceptors (Lipinski definition) is 4. The highest BCUT2D eigenvalue weighted by Crippen LogP contribution is 2.38. The van der Waals surface area contributed by atoms with E-state index in [1.807, 2.05) is 19.9 Å². The van der Waals surface area contributed by atoms with Gasteiger partial charge in [-0.05, 0) is 18.9 Å². The fourth-order valence-electron chi connectivity index (χ4n) is 1.26. The topological polar surface area (TPSA) is 51.6 Å². The minimum Gasteiger partial charge on any atom is -0.241 e. The average molecular weight is 350 g/mol. The molecular weight excluding hydrogens is 331 g/mol. The zero-order chi connectivity index (χ0) is 15.0. The first-order chi connectivity index (χ1) is 9.65. The lowest BCUT2D eigenvalue weighted by molar-refractivity contribution is 0.987. The molecule has 0 spiro atoms. The second-order valence-corrected chi connectivity index (χ2v) is 4.87.